The van der Waals surface area contributed by atoms with E-state index in [-0.39, 0.29) is 11.4 Å². The maximum absolute atomic E-state index is 13.5. The second kappa shape index (κ2) is 7.46. The number of benzene rings is 2. The average Bonchev–Trinajstić information content (AvgIpc) is 3.30. The molecule has 156 valence electrons. The van der Waals surface area contributed by atoms with Crippen molar-refractivity contribution in [3.63, 3.8) is 0 Å². The first-order chi connectivity index (χ1) is 13.5. The van der Waals surface area contributed by atoms with Crippen LogP contribution in [0.15, 0.2) is 59.5 Å². The van der Waals surface area contributed by atoms with Crippen LogP contribution in [0.2, 0.25) is 0 Å². The molecule has 0 heterocycles. The molecule has 0 bridgehead atoms. The standard InChI is InChI=1S/C22H28N2O4S/c1-15-10-12-17(13-11-15)29(26,27)19-18(16-8-6-5-7-9-16)22(19,14-23)24-20(25)28-21(2,3)4/h5-13,18-19H,14,23H2,1-4H3,(H,24,25)/t18-,19+,22-/m0/s1. The van der Waals surface area contributed by atoms with Crippen molar-refractivity contribution in [2.24, 2.45) is 5.73 Å². The van der Waals surface area contributed by atoms with E-state index in [0.29, 0.717) is 0 Å². The molecule has 3 N–H and O–H groups in total. The Bertz CT molecular complexity index is 982. The minimum Gasteiger partial charge on any atom is -0.444 e. The molecule has 0 saturated heterocycles. The number of hydrogen-bond donors (Lipinski definition) is 2. The number of sulfone groups is 1. The van der Waals surface area contributed by atoms with Gasteiger partial charge in [0.15, 0.2) is 9.84 Å². The number of ether oxygens (including phenoxy) is 1. The summed E-state index contributed by atoms with van der Waals surface area (Å²) in [6.45, 7) is 7.13. The molecule has 0 unspecified atom stereocenters. The van der Waals surface area contributed by atoms with Gasteiger partial charge in [-0.1, -0.05) is 48.0 Å². The minimum atomic E-state index is -3.74. The van der Waals surface area contributed by atoms with Crippen molar-refractivity contribution in [1.82, 2.24) is 5.32 Å². The van der Waals surface area contributed by atoms with Gasteiger partial charge in [-0.2, -0.15) is 0 Å². The summed E-state index contributed by atoms with van der Waals surface area (Å²) in [6, 6.07) is 16.0. The highest BCUT2D eigenvalue weighted by Crippen LogP contribution is 2.56. The van der Waals surface area contributed by atoms with Crippen LogP contribution in [0.25, 0.3) is 0 Å². The number of nitrogens with two attached hydrogens (primary N) is 1. The van der Waals surface area contributed by atoms with Gasteiger partial charge >= 0.3 is 6.09 Å². The Hall–Kier alpha value is -2.38. The third kappa shape index (κ3) is 4.16. The van der Waals surface area contributed by atoms with E-state index in [0.717, 1.165) is 11.1 Å². The molecule has 3 rings (SSSR count). The summed E-state index contributed by atoms with van der Waals surface area (Å²) in [5.41, 5.74) is 6.01. The van der Waals surface area contributed by atoms with Crippen molar-refractivity contribution in [2.45, 2.75) is 54.9 Å². The van der Waals surface area contributed by atoms with Crippen LogP contribution in [-0.2, 0) is 14.6 Å². The van der Waals surface area contributed by atoms with Gasteiger partial charge in [0.25, 0.3) is 0 Å². The third-order valence-corrected chi connectivity index (χ3v) is 7.46. The number of hydrogen-bond acceptors (Lipinski definition) is 5. The SMILES string of the molecule is Cc1ccc(S(=O)(=O)[C@@H]2[C@H](c3ccccc3)[C@]2(CN)NC(=O)OC(C)(C)C)cc1. The first kappa shape index (κ1) is 21.3. The topological polar surface area (TPSA) is 98.5 Å². The number of carbonyl (C=O) groups excluding carboxylic acids is 1. The van der Waals surface area contributed by atoms with Crippen LogP contribution in [0, 0.1) is 6.92 Å². The molecule has 1 amide bonds. The lowest BCUT2D eigenvalue weighted by Crippen LogP contribution is -2.49. The molecule has 7 heteroatoms. The third-order valence-electron chi connectivity index (χ3n) is 5.17. The van der Waals surface area contributed by atoms with Gasteiger partial charge in [0.2, 0.25) is 0 Å². The van der Waals surface area contributed by atoms with Crippen molar-refractivity contribution < 1.29 is 17.9 Å². The fraction of sp³-hybridized carbons (Fsp3) is 0.409. The largest absolute Gasteiger partial charge is 0.444 e. The highest BCUT2D eigenvalue weighted by Gasteiger charge is 2.71. The van der Waals surface area contributed by atoms with Gasteiger partial charge in [-0.05, 0) is 45.4 Å². The molecule has 1 saturated carbocycles. The van der Waals surface area contributed by atoms with E-state index in [1.807, 2.05) is 37.3 Å². The van der Waals surface area contributed by atoms with E-state index in [9.17, 15) is 13.2 Å². The van der Waals surface area contributed by atoms with Crippen molar-refractivity contribution in [1.29, 1.82) is 0 Å². The van der Waals surface area contributed by atoms with Gasteiger partial charge in [0.05, 0.1) is 10.4 Å². The molecule has 6 nitrogen and oxygen atoms in total. The zero-order chi connectivity index (χ0) is 21.4. The monoisotopic (exact) mass is 416 g/mol. The normalized spacial score (nSPS) is 24.0. The van der Waals surface area contributed by atoms with E-state index in [4.69, 9.17) is 10.5 Å². The molecule has 0 aromatic heterocycles. The highest BCUT2D eigenvalue weighted by atomic mass is 32.2. The number of rotatable bonds is 5. The molecular weight excluding hydrogens is 388 g/mol. The van der Waals surface area contributed by atoms with Gasteiger partial charge in [-0.15, -0.1) is 0 Å². The Kier molecular flexibility index (Phi) is 5.49. The van der Waals surface area contributed by atoms with Gasteiger partial charge in [-0.3, -0.25) is 0 Å². The second-order valence-electron chi connectivity index (χ2n) is 8.54. The van der Waals surface area contributed by atoms with E-state index >= 15 is 0 Å². The summed E-state index contributed by atoms with van der Waals surface area (Å²) in [4.78, 5) is 12.7. The average molecular weight is 417 g/mol. The Balaban J connectivity index is 2.02. The molecule has 0 radical (unpaired) electrons. The zero-order valence-corrected chi connectivity index (χ0v) is 18.0. The van der Waals surface area contributed by atoms with E-state index in [1.54, 1.807) is 45.0 Å². The molecule has 1 aliphatic rings. The Morgan fingerprint density at radius 2 is 1.69 bits per heavy atom. The number of aryl methyl sites for hydroxylation is 1. The summed E-state index contributed by atoms with van der Waals surface area (Å²) in [7, 11) is -3.74. The van der Waals surface area contributed by atoms with Crippen molar-refractivity contribution in [3.05, 3.63) is 65.7 Å². The molecular formula is C22H28N2O4S. The molecule has 0 aliphatic heterocycles. The first-order valence-electron chi connectivity index (χ1n) is 9.58. The first-order valence-corrected chi connectivity index (χ1v) is 11.1. The Morgan fingerprint density at radius 3 is 2.21 bits per heavy atom. The van der Waals surface area contributed by atoms with Crippen molar-refractivity contribution >= 4 is 15.9 Å². The van der Waals surface area contributed by atoms with Gasteiger partial charge in [0.1, 0.15) is 10.9 Å². The molecule has 0 spiro atoms. The predicted molar refractivity (Wildman–Crippen MR) is 112 cm³/mol. The summed E-state index contributed by atoms with van der Waals surface area (Å²) < 4.78 is 32.3. The summed E-state index contributed by atoms with van der Waals surface area (Å²) in [5, 5.41) is 1.92. The lowest BCUT2D eigenvalue weighted by atomic mass is 10.1. The molecule has 2 aromatic rings. The fourth-order valence-corrected chi connectivity index (χ4v) is 6.15. The molecule has 1 fully saturated rings. The molecule has 3 atom stereocenters. The van der Waals surface area contributed by atoms with Crippen LogP contribution in [-0.4, -0.2) is 37.4 Å². The number of alkyl carbamates (subject to hydrolysis) is 1. The summed E-state index contributed by atoms with van der Waals surface area (Å²) >= 11 is 0. The van der Waals surface area contributed by atoms with Gasteiger partial charge in [0, 0.05) is 12.5 Å². The van der Waals surface area contributed by atoms with E-state index in [2.05, 4.69) is 5.32 Å². The van der Waals surface area contributed by atoms with Crippen LogP contribution >= 0.6 is 0 Å². The number of carbonyl (C=O) groups is 1. The van der Waals surface area contributed by atoms with E-state index in [1.165, 1.54) is 0 Å². The Labute approximate surface area is 172 Å². The van der Waals surface area contributed by atoms with Gasteiger partial charge < -0.3 is 15.8 Å². The second-order valence-corrected chi connectivity index (χ2v) is 10.6. The van der Waals surface area contributed by atoms with Gasteiger partial charge in [-0.25, -0.2) is 13.2 Å². The lowest BCUT2D eigenvalue weighted by Gasteiger charge is -2.24. The fourth-order valence-electron chi connectivity index (χ4n) is 3.80. The van der Waals surface area contributed by atoms with E-state index < -0.39 is 38.2 Å². The lowest BCUT2D eigenvalue weighted by molar-refractivity contribution is 0.0497. The quantitative estimate of drug-likeness (QED) is 0.780. The van der Waals surface area contributed by atoms with Crippen LogP contribution in [0.1, 0.15) is 37.8 Å². The molecule has 29 heavy (non-hydrogen) atoms. The van der Waals surface area contributed by atoms with Crippen LogP contribution in [0.3, 0.4) is 0 Å². The van der Waals surface area contributed by atoms with Crippen LogP contribution in [0.4, 0.5) is 4.79 Å². The number of amides is 1. The number of nitrogens with one attached hydrogen (secondary N) is 1. The highest BCUT2D eigenvalue weighted by molar-refractivity contribution is 7.92. The molecule has 1 aliphatic carbocycles. The predicted octanol–water partition coefficient (Wildman–Crippen LogP) is 3.16. The molecule has 2 aromatic carbocycles. The smallest absolute Gasteiger partial charge is 0.408 e. The summed E-state index contributed by atoms with van der Waals surface area (Å²) in [6.07, 6.45) is -0.675. The van der Waals surface area contributed by atoms with Crippen molar-refractivity contribution in [2.75, 3.05) is 6.54 Å². The Morgan fingerprint density at radius 1 is 1.10 bits per heavy atom. The van der Waals surface area contributed by atoms with Crippen LogP contribution < -0.4 is 11.1 Å². The maximum Gasteiger partial charge on any atom is 0.408 e. The maximum atomic E-state index is 13.5. The van der Waals surface area contributed by atoms with Crippen molar-refractivity contribution in [3.8, 4) is 0 Å². The zero-order valence-electron chi connectivity index (χ0n) is 17.2. The van der Waals surface area contributed by atoms with Crippen LogP contribution in [0.5, 0.6) is 0 Å². The minimum absolute atomic E-state index is 0.0262. The summed E-state index contributed by atoms with van der Waals surface area (Å²) in [5.74, 6) is -0.465.